The summed E-state index contributed by atoms with van der Waals surface area (Å²) in [6.45, 7) is 0.149. The van der Waals surface area contributed by atoms with Gasteiger partial charge in [-0.1, -0.05) is 24.1 Å². The second-order valence-corrected chi connectivity index (χ2v) is 5.66. The summed E-state index contributed by atoms with van der Waals surface area (Å²) in [5.41, 5.74) is 1.69. The molecule has 0 saturated carbocycles. The number of imide groups is 1. The molecule has 26 heavy (non-hydrogen) atoms. The number of carbonyl (C=O) groups excluding carboxylic acids is 3. The maximum atomic E-state index is 12.5. The molecule has 1 aliphatic rings. The largest absolute Gasteiger partial charge is 0.496 e. The van der Waals surface area contributed by atoms with E-state index in [4.69, 9.17) is 11.2 Å². The van der Waals surface area contributed by atoms with E-state index >= 15 is 0 Å². The van der Waals surface area contributed by atoms with Crippen molar-refractivity contribution in [3.05, 3.63) is 64.7 Å². The molecule has 0 unspecified atom stereocenters. The maximum Gasteiger partial charge on any atom is 0.261 e. The molecule has 3 rings (SSSR count). The molecule has 2 aromatic carbocycles. The zero-order valence-corrected chi connectivity index (χ0v) is 14.1. The molecule has 1 N–H and O–H groups in total. The van der Waals surface area contributed by atoms with Crippen LogP contribution >= 0.6 is 0 Å². The van der Waals surface area contributed by atoms with Gasteiger partial charge >= 0.3 is 0 Å². The number of fused-ring (bicyclic) bond motifs is 1. The smallest absolute Gasteiger partial charge is 0.261 e. The Balaban J connectivity index is 1.87. The number of nitrogens with zero attached hydrogens (tertiary/aromatic N) is 1. The van der Waals surface area contributed by atoms with E-state index in [-0.39, 0.29) is 36.4 Å². The van der Waals surface area contributed by atoms with Crippen LogP contribution in [0, 0.1) is 12.3 Å². The number of hydrogen-bond acceptors (Lipinski definition) is 4. The first-order valence-corrected chi connectivity index (χ1v) is 7.90. The molecular weight excluding hydrogens is 332 g/mol. The predicted molar refractivity (Wildman–Crippen MR) is 94.8 cm³/mol. The first-order valence-electron chi connectivity index (χ1n) is 7.90. The molecule has 0 aromatic heterocycles. The van der Waals surface area contributed by atoms with Crippen LogP contribution in [-0.2, 0) is 6.54 Å². The fourth-order valence-electron chi connectivity index (χ4n) is 2.82. The van der Waals surface area contributed by atoms with Crippen molar-refractivity contribution in [3.63, 3.8) is 0 Å². The van der Waals surface area contributed by atoms with Gasteiger partial charge in [-0.15, -0.1) is 6.42 Å². The van der Waals surface area contributed by atoms with Gasteiger partial charge in [0.25, 0.3) is 17.7 Å². The summed E-state index contributed by atoms with van der Waals surface area (Å²) < 4.78 is 5.20. The van der Waals surface area contributed by atoms with Crippen LogP contribution in [0.1, 0.15) is 36.6 Å². The van der Waals surface area contributed by atoms with E-state index in [9.17, 15) is 14.4 Å². The van der Waals surface area contributed by atoms with Gasteiger partial charge in [-0.2, -0.15) is 0 Å². The number of hydrogen-bond donors (Lipinski definition) is 1. The first kappa shape index (κ1) is 17.2. The van der Waals surface area contributed by atoms with Crippen molar-refractivity contribution in [1.82, 2.24) is 10.2 Å². The summed E-state index contributed by atoms with van der Waals surface area (Å²) in [5, 5.41) is 2.57. The Morgan fingerprint density at radius 3 is 2.38 bits per heavy atom. The van der Waals surface area contributed by atoms with Gasteiger partial charge < -0.3 is 10.1 Å². The molecule has 6 heteroatoms. The van der Waals surface area contributed by atoms with E-state index in [2.05, 4.69) is 11.2 Å². The summed E-state index contributed by atoms with van der Waals surface area (Å²) >= 11 is 0. The zero-order chi connectivity index (χ0) is 18.7. The van der Waals surface area contributed by atoms with Crippen molar-refractivity contribution in [3.8, 4) is 18.1 Å². The number of rotatable bonds is 5. The minimum atomic E-state index is -0.385. The van der Waals surface area contributed by atoms with Crippen molar-refractivity contribution in [2.75, 3.05) is 13.7 Å². The summed E-state index contributed by atoms with van der Waals surface area (Å²) in [6.07, 6.45) is 5.16. The molecule has 3 amide bonds. The SMILES string of the molecule is C#CCNC(=O)c1cc(CN2C(=O)c3ccccc3C2=O)ccc1OC. The van der Waals surface area contributed by atoms with Crippen molar-refractivity contribution >= 4 is 17.7 Å². The monoisotopic (exact) mass is 348 g/mol. The Morgan fingerprint density at radius 1 is 1.15 bits per heavy atom. The molecule has 1 aliphatic heterocycles. The highest BCUT2D eigenvalue weighted by Crippen LogP contribution is 2.26. The average Bonchev–Trinajstić information content (AvgIpc) is 2.91. The van der Waals surface area contributed by atoms with Crippen LogP contribution in [0.15, 0.2) is 42.5 Å². The van der Waals surface area contributed by atoms with Crippen LogP contribution in [0.3, 0.4) is 0 Å². The average molecular weight is 348 g/mol. The number of carbonyl (C=O) groups is 3. The fourth-order valence-corrected chi connectivity index (χ4v) is 2.82. The highest BCUT2D eigenvalue weighted by molar-refractivity contribution is 6.21. The van der Waals surface area contributed by atoms with E-state index in [0.717, 1.165) is 4.90 Å². The Morgan fingerprint density at radius 2 is 1.81 bits per heavy atom. The lowest BCUT2D eigenvalue weighted by Gasteiger charge is -2.16. The van der Waals surface area contributed by atoms with Gasteiger partial charge in [0.05, 0.1) is 36.9 Å². The van der Waals surface area contributed by atoms with Crippen molar-refractivity contribution in [2.24, 2.45) is 0 Å². The van der Waals surface area contributed by atoms with Gasteiger partial charge in [0.15, 0.2) is 0 Å². The fraction of sp³-hybridized carbons (Fsp3) is 0.150. The normalized spacial score (nSPS) is 12.5. The lowest BCUT2D eigenvalue weighted by atomic mass is 10.1. The van der Waals surface area contributed by atoms with Gasteiger partial charge in [-0.25, -0.2) is 0 Å². The Kier molecular flexibility index (Phi) is 4.72. The number of methoxy groups -OCH3 is 1. The molecule has 0 bridgehead atoms. The van der Waals surface area contributed by atoms with Crippen LogP contribution in [0.4, 0.5) is 0 Å². The molecule has 0 saturated heterocycles. The molecule has 0 atom stereocenters. The van der Waals surface area contributed by atoms with Crippen LogP contribution in [-0.4, -0.2) is 36.3 Å². The lowest BCUT2D eigenvalue weighted by molar-refractivity contribution is 0.0642. The molecular formula is C20H16N2O4. The molecule has 130 valence electrons. The third-order valence-corrected chi connectivity index (χ3v) is 4.08. The highest BCUT2D eigenvalue weighted by atomic mass is 16.5. The summed E-state index contributed by atoms with van der Waals surface area (Å²) in [4.78, 5) is 38.4. The number of terminal acetylenes is 1. The van der Waals surface area contributed by atoms with Crippen LogP contribution < -0.4 is 10.1 Å². The minimum Gasteiger partial charge on any atom is -0.496 e. The number of nitrogens with one attached hydrogen (secondary N) is 1. The van der Waals surface area contributed by atoms with E-state index in [1.165, 1.54) is 7.11 Å². The molecule has 0 fully saturated rings. The maximum absolute atomic E-state index is 12.5. The van der Waals surface area contributed by atoms with E-state index in [1.54, 1.807) is 42.5 Å². The van der Waals surface area contributed by atoms with Gasteiger partial charge in [0.2, 0.25) is 0 Å². The first-order chi connectivity index (χ1) is 12.6. The van der Waals surface area contributed by atoms with Crippen LogP contribution in [0.5, 0.6) is 5.75 Å². The number of benzene rings is 2. The lowest BCUT2D eigenvalue weighted by Crippen LogP contribution is -2.29. The Hall–Kier alpha value is -3.59. The highest BCUT2D eigenvalue weighted by Gasteiger charge is 2.35. The summed E-state index contributed by atoms with van der Waals surface area (Å²) in [7, 11) is 1.46. The Bertz CT molecular complexity index is 908. The molecule has 1 heterocycles. The minimum absolute atomic E-state index is 0.0613. The third kappa shape index (κ3) is 3.03. The molecule has 0 aliphatic carbocycles. The second-order valence-electron chi connectivity index (χ2n) is 5.66. The van der Waals surface area contributed by atoms with E-state index in [0.29, 0.717) is 22.4 Å². The molecule has 0 radical (unpaired) electrons. The standard InChI is InChI=1S/C20H16N2O4/c1-3-10-21-18(23)16-11-13(8-9-17(16)26-2)12-22-19(24)14-6-4-5-7-15(14)20(22)25/h1,4-9,11H,10,12H2,2H3,(H,21,23). The van der Waals surface area contributed by atoms with Crippen molar-refractivity contribution in [1.29, 1.82) is 0 Å². The topological polar surface area (TPSA) is 75.7 Å². The van der Waals surface area contributed by atoms with Crippen LogP contribution in [0.25, 0.3) is 0 Å². The quantitative estimate of drug-likeness (QED) is 0.661. The van der Waals surface area contributed by atoms with Gasteiger partial charge in [0.1, 0.15) is 5.75 Å². The molecule has 2 aromatic rings. The van der Waals surface area contributed by atoms with Gasteiger partial charge in [0, 0.05) is 0 Å². The van der Waals surface area contributed by atoms with Crippen molar-refractivity contribution < 1.29 is 19.1 Å². The van der Waals surface area contributed by atoms with Crippen LogP contribution in [0.2, 0.25) is 0 Å². The zero-order valence-electron chi connectivity index (χ0n) is 14.1. The predicted octanol–water partition coefficient (Wildman–Crippen LogP) is 1.85. The van der Waals surface area contributed by atoms with E-state index < -0.39 is 0 Å². The van der Waals surface area contributed by atoms with Gasteiger partial charge in [-0.05, 0) is 29.8 Å². The van der Waals surface area contributed by atoms with E-state index in [1.807, 2.05) is 0 Å². The molecule has 0 spiro atoms. The summed E-state index contributed by atoms with van der Waals surface area (Å²) in [5.74, 6) is 1.63. The van der Waals surface area contributed by atoms with Gasteiger partial charge in [-0.3, -0.25) is 19.3 Å². The van der Waals surface area contributed by atoms with Crippen molar-refractivity contribution in [2.45, 2.75) is 6.54 Å². The second kappa shape index (κ2) is 7.11. The number of amides is 3. The molecule has 6 nitrogen and oxygen atoms in total. The summed E-state index contributed by atoms with van der Waals surface area (Å²) in [6, 6.07) is 11.6. The third-order valence-electron chi connectivity index (χ3n) is 4.08. The Labute approximate surface area is 150 Å². The number of ether oxygens (including phenoxy) is 1.